The van der Waals surface area contributed by atoms with E-state index in [4.69, 9.17) is 11.9 Å². The Morgan fingerprint density at radius 3 is 2.59 bits per heavy atom. The Morgan fingerprint density at radius 2 is 2.12 bits per heavy atom. The summed E-state index contributed by atoms with van der Waals surface area (Å²) in [5, 5.41) is 10.8. The number of hydrogen-bond acceptors (Lipinski definition) is 5. The van der Waals surface area contributed by atoms with E-state index in [9.17, 15) is 19.7 Å². The first-order valence-corrected chi connectivity index (χ1v) is 4.97. The molecular weight excluding hydrogens is 250 g/mol. The molecule has 0 radical (unpaired) electrons. The van der Waals surface area contributed by atoms with Crippen LogP contribution in [-0.4, -0.2) is 16.7 Å². The van der Waals surface area contributed by atoms with Gasteiger partial charge < -0.3 is 4.29 Å². The lowest BCUT2D eigenvalue weighted by atomic mass is 10.00. The van der Waals surface area contributed by atoms with E-state index in [-0.39, 0.29) is 17.5 Å². The number of rotatable bonds is 4. The molecule has 0 aromatic heterocycles. The van der Waals surface area contributed by atoms with E-state index in [1.807, 2.05) is 0 Å². The van der Waals surface area contributed by atoms with Crippen molar-refractivity contribution in [1.82, 2.24) is 0 Å². The Bertz CT molecular complexity index is 486. The van der Waals surface area contributed by atoms with Crippen molar-refractivity contribution in [2.45, 2.75) is 13.3 Å². The van der Waals surface area contributed by atoms with Crippen molar-refractivity contribution in [2.75, 3.05) is 0 Å². The van der Waals surface area contributed by atoms with E-state index in [0.717, 1.165) is 6.07 Å². The summed E-state index contributed by atoms with van der Waals surface area (Å²) in [7, 11) is 0. The fourth-order valence-electron chi connectivity index (χ4n) is 1.37. The average Bonchev–Trinajstić information content (AvgIpc) is 2.35. The molecule has 1 rings (SSSR count). The lowest BCUT2D eigenvalue weighted by Crippen LogP contribution is -2.11. The Morgan fingerprint density at radius 1 is 1.47 bits per heavy atom. The standard InChI is InChI=1S/C10H8ClNO5/c1-2-8(13)9-6(10(14)17-11)4-3-5-7(9)12(15)16/h3-5H,2H2,1H3. The van der Waals surface area contributed by atoms with E-state index in [1.165, 1.54) is 19.1 Å². The van der Waals surface area contributed by atoms with Gasteiger partial charge in [0.1, 0.15) is 17.4 Å². The van der Waals surface area contributed by atoms with Gasteiger partial charge in [-0.05, 0) is 6.07 Å². The molecule has 0 aliphatic heterocycles. The quantitative estimate of drug-likeness (QED) is 0.470. The number of ketones is 1. The molecule has 0 aliphatic rings. The molecular formula is C10H8ClNO5. The zero-order valence-electron chi connectivity index (χ0n) is 8.81. The fourth-order valence-corrected chi connectivity index (χ4v) is 1.46. The van der Waals surface area contributed by atoms with Gasteiger partial charge in [0, 0.05) is 12.5 Å². The summed E-state index contributed by atoms with van der Waals surface area (Å²) in [4.78, 5) is 33.0. The maximum absolute atomic E-state index is 11.6. The molecule has 0 atom stereocenters. The second kappa shape index (κ2) is 5.40. The number of carbonyl (C=O) groups excluding carboxylic acids is 2. The highest BCUT2D eigenvalue weighted by atomic mass is 35.5. The molecule has 0 saturated heterocycles. The van der Waals surface area contributed by atoms with Gasteiger partial charge in [0.05, 0.1) is 10.5 Å². The summed E-state index contributed by atoms with van der Waals surface area (Å²) in [6.07, 6.45) is 0.0351. The zero-order valence-corrected chi connectivity index (χ0v) is 9.56. The number of nitro groups is 1. The Kier molecular flexibility index (Phi) is 4.17. The van der Waals surface area contributed by atoms with Crippen molar-refractivity contribution in [3.05, 3.63) is 39.4 Å². The minimum atomic E-state index is -0.993. The largest absolute Gasteiger partial charge is 0.357 e. The monoisotopic (exact) mass is 257 g/mol. The average molecular weight is 258 g/mol. The molecule has 17 heavy (non-hydrogen) atoms. The van der Waals surface area contributed by atoms with Gasteiger partial charge >= 0.3 is 5.97 Å². The van der Waals surface area contributed by atoms with E-state index in [1.54, 1.807) is 0 Å². The molecule has 0 unspecified atom stereocenters. The van der Waals surface area contributed by atoms with Crippen LogP contribution in [0.1, 0.15) is 34.1 Å². The predicted octanol–water partition coefficient (Wildman–Crippen LogP) is 2.50. The fraction of sp³-hybridized carbons (Fsp3) is 0.200. The van der Waals surface area contributed by atoms with Crippen molar-refractivity contribution in [3.63, 3.8) is 0 Å². The van der Waals surface area contributed by atoms with Crippen LogP contribution in [0.25, 0.3) is 0 Å². The summed E-state index contributed by atoms with van der Waals surface area (Å²) in [5.41, 5.74) is -0.914. The summed E-state index contributed by atoms with van der Waals surface area (Å²) >= 11 is 4.91. The third-order valence-corrected chi connectivity index (χ3v) is 2.27. The molecule has 0 spiro atoms. The molecule has 0 saturated carbocycles. The van der Waals surface area contributed by atoms with Gasteiger partial charge in [0.2, 0.25) is 0 Å². The predicted molar refractivity (Wildman–Crippen MR) is 59.0 cm³/mol. The van der Waals surface area contributed by atoms with Gasteiger partial charge in [-0.15, -0.1) is 0 Å². The van der Waals surface area contributed by atoms with Crippen molar-refractivity contribution < 1.29 is 18.8 Å². The first-order valence-electron chi connectivity index (χ1n) is 4.66. The molecule has 1 aromatic rings. The Hall–Kier alpha value is -1.95. The van der Waals surface area contributed by atoms with Crippen LogP contribution in [-0.2, 0) is 4.29 Å². The molecule has 6 nitrogen and oxygen atoms in total. The number of Topliss-reactive ketones (excluding diaryl/α,β-unsaturated/α-hetero) is 1. The third kappa shape index (κ3) is 2.59. The first kappa shape index (κ1) is 13.1. The van der Waals surface area contributed by atoms with E-state index in [2.05, 4.69) is 4.29 Å². The van der Waals surface area contributed by atoms with Crippen LogP contribution in [0, 0.1) is 10.1 Å². The smallest absolute Gasteiger partial charge is 0.343 e. The normalized spacial score (nSPS) is 9.76. The molecule has 0 N–H and O–H groups in total. The minimum Gasteiger partial charge on any atom is -0.343 e. The lowest BCUT2D eigenvalue weighted by Gasteiger charge is -2.05. The van der Waals surface area contributed by atoms with E-state index < -0.39 is 22.4 Å². The molecule has 0 aliphatic carbocycles. The summed E-state index contributed by atoms with van der Waals surface area (Å²) < 4.78 is 3.96. The SMILES string of the molecule is CCC(=O)c1c(C(=O)OCl)cccc1[N+](=O)[O-]. The molecule has 1 aromatic carbocycles. The van der Waals surface area contributed by atoms with E-state index >= 15 is 0 Å². The van der Waals surface area contributed by atoms with Crippen molar-refractivity contribution >= 4 is 29.3 Å². The zero-order chi connectivity index (χ0) is 13.0. The van der Waals surface area contributed by atoms with Crippen molar-refractivity contribution in [3.8, 4) is 0 Å². The van der Waals surface area contributed by atoms with Gasteiger partial charge in [0.15, 0.2) is 5.78 Å². The van der Waals surface area contributed by atoms with Gasteiger partial charge in [0.25, 0.3) is 5.69 Å². The number of benzene rings is 1. The van der Waals surface area contributed by atoms with Crippen LogP contribution >= 0.6 is 11.9 Å². The molecule has 0 bridgehead atoms. The van der Waals surface area contributed by atoms with Crippen LogP contribution in [0.15, 0.2) is 18.2 Å². The number of hydrogen-bond donors (Lipinski definition) is 0. The third-order valence-electron chi connectivity index (χ3n) is 2.13. The molecule has 0 heterocycles. The lowest BCUT2D eigenvalue weighted by molar-refractivity contribution is -0.385. The summed E-state index contributed by atoms with van der Waals surface area (Å²) in [6, 6.07) is 3.68. The first-order chi connectivity index (χ1) is 8.02. The summed E-state index contributed by atoms with van der Waals surface area (Å²) in [6.45, 7) is 1.54. The van der Waals surface area contributed by atoms with Crippen LogP contribution in [0.4, 0.5) is 5.69 Å². The number of carbonyl (C=O) groups is 2. The van der Waals surface area contributed by atoms with Gasteiger partial charge in [-0.3, -0.25) is 14.9 Å². The second-order valence-electron chi connectivity index (χ2n) is 3.10. The van der Waals surface area contributed by atoms with Crippen LogP contribution < -0.4 is 0 Å². The maximum atomic E-state index is 11.6. The van der Waals surface area contributed by atoms with Gasteiger partial charge in [-0.25, -0.2) is 4.79 Å². The van der Waals surface area contributed by atoms with Crippen LogP contribution in [0.3, 0.4) is 0 Å². The molecule has 0 fully saturated rings. The van der Waals surface area contributed by atoms with Crippen LogP contribution in [0.5, 0.6) is 0 Å². The molecule has 0 amide bonds. The molecule has 90 valence electrons. The Balaban J connectivity index is 3.50. The number of nitro benzene ring substituents is 1. The van der Waals surface area contributed by atoms with Gasteiger partial charge in [-0.2, -0.15) is 0 Å². The maximum Gasteiger partial charge on any atom is 0.357 e. The number of halogens is 1. The highest BCUT2D eigenvalue weighted by Gasteiger charge is 2.26. The minimum absolute atomic E-state index is 0.0351. The highest BCUT2D eigenvalue weighted by molar-refractivity contribution is 6.18. The van der Waals surface area contributed by atoms with E-state index in [0.29, 0.717) is 0 Å². The number of nitrogens with zero attached hydrogens (tertiary/aromatic N) is 1. The Labute approximate surface area is 101 Å². The van der Waals surface area contributed by atoms with Crippen LogP contribution in [0.2, 0.25) is 0 Å². The topological polar surface area (TPSA) is 86.5 Å². The second-order valence-corrected chi connectivity index (χ2v) is 3.25. The van der Waals surface area contributed by atoms with Crippen molar-refractivity contribution in [2.24, 2.45) is 0 Å². The van der Waals surface area contributed by atoms with Gasteiger partial charge in [-0.1, -0.05) is 13.0 Å². The highest BCUT2D eigenvalue weighted by Crippen LogP contribution is 2.24. The van der Waals surface area contributed by atoms with Crippen molar-refractivity contribution in [1.29, 1.82) is 0 Å². The summed E-state index contributed by atoms with van der Waals surface area (Å²) in [5.74, 6) is -1.51. The molecule has 7 heteroatoms.